The molecule has 0 saturated carbocycles. The highest BCUT2D eigenvalue weighted by molar-refractivity contribution is 5.83. The first kappa shape index (κ1) is 13.3. The quantitative estimate of drug-likeness (QED) is 0.893. The number of carbonyl (C=O) groups excluding carboxylic acids is 1. The minimum Gasteiger partial charge on any atom is -0.346 e. The highest BCUT2D eigenvalue weighted by Crippen LogP contribution is 2.19. The van der Waals surface area contributed by atoms with Gasteiger partial charge < -0.3 is 9.84 Å². The summed E-state index contributed by atoms with van der Waals surface area (Å²) in [6.45, 7) is 4.00. The third kappa shape index (κ3) is 3.40. The number of amides is 1. The molecule has 5 heteroatoms. The maximum Gasteiger partial charge on any atom is 0.246 e. The normalized spacial score (nSPS) is 12.1. The second-order valence-electron chi connectivity index (χ2n) is 4.32. The van der Waals surface area contributed by atoms with Gasteiger partial charge in [-0.25, -0.2) is 0 Å². The van der Waals surface area contributed by atoms with Crippen LogP contribution in [0.2, 0.25) is 0 Å². The SMILES string of the molecule is CC[C@H](C(=O)NCc1nc(C)no1)c1ccccc1. The number of rotatable bonds is 5. The van der Waals surface area contributed by atoms with E-state index in [4.69, 9.17) is 4.52 Å². The maximum absolute atomic E-state index is 12.2. The molecule has 1 atom stereocenters. The number of nitrogens with zero attached hydrogens (tertiary/aromatic N) is 2. The second kappa shape index (κ2) is 6.13. The van der Waals surface area contributed by atoms with Crippen LogP contribution in [-0.2, 0) is 11.3 Å². The Balaban J connectivity index is 1.98. The fraction of sp³-hybridized carbons (Fsp3) is 0.357. The predicted molar refractivity (Wildman–Crippen MR) is 70.4 cm³/mol. The van der Waals surface area contributed by atoms with E-state index in [0.29, 0.717) is 11.7 Å². The molecule has 19 heavy (non-hydrogen) atoms. The minimum atomic E-state index is -0.148. The monoisotopic (exact) mass is 259 g/mol. The summed E-state index contributed by atoms with van der Waals surface area (Å²) in [5, 5.41) is 6.51. The second-order valence-corrected chi connectivity index (χ2v) is 4.32. The number of aromatic nitrogens is 2. The predicted octanol–water partition coefficient (Wildman–Crippen LogP) is 2.19. The van der Waals surface area contributed by atoms with E-state index in [1.807, 2.05) is 37.3 Å². The van der Waals surface area contributed by atoms with E-state index in [1.54, 1.807) is 6.92 Å². The van der Waals surface area contributed by atoms with Crippen molar-refractivity contribution in [2.75, 3.05) is 0 Å². The van der Waals surface area contributed by atoms with Crippen LogP contribution in [0, 0.1) is 6.92 Å². The number of aryl methyl sites for hydroxylation is 1. The van der Waals surface area contributed by atoms with Gasteiger partial charge in [0.2, 0.25) is 11.8 Å². The standard InChI is InChI=1S/C14H17N3O2/c1-3-12(11-7-5-4-6-8-11)14(18)15-9-13-16-10(2)17-19-13/h4-8,12H,3,9H2,1-2H3,(H,15,18)/t12-/m0/s1. The van der Waals surface area contributed by atoms with Gasteiger partial charge in [0.15, 0.2) is 5.82 Å². The van der Waals surface area contributed by atoms with Crippen molar-refractivity contribution in [1.82, 2.24) is 15.5 Å². The van der Waals surface area contributed by atoms with E-state index in [9.17, 15) is 4.79 Å². The van der Waals surface area contributed by atoms with Crippen LogP contribution in [0.1, 0.15) is 36.5 Å². The van der Waals surface area contributed by atoms with Crippen LogP contribution in [0.4, 0.5) is 0 Å². The molecule has 1 N–H and O–H groups in total. The van der Waals surface area contributed by atoms with Gasteiger partial charge in [-0.3, -0.25) is 4.79 Å². The van der Waals surface area contributed by atoms with Gasteiger partial charge in [0.05, 0.1) is 12.5 Å². The van der Waals surface area contributed by atoms with Crippen LogP contribution in [0.5, 0.6) is 0 Å². The summed E-state index contributed by atoms with van der Waals surface area (Å²) in [4.78, 5) is 16.2. The summed E-state index contributed by atoms with van der Waals surface area (Å²) in [5.41, 5.74) is 1.02. The summed E-state index contributed by atoms with van der Waals surface area (Å²) in [6.07, 6.45) is 0.749. The lowest BCUT2D eigenvalue weighted by Crippen LogP contribution is -2.28. The number of hydrogen-bond acceptors (Lipinski definition) is 4. The molecule has 2 rings (SSSR count). The molecular formula is C14H17N3O2. The van der Waals surface area contributed by atoms with Gasteiger partial charge in [-0.1, -0.05) is 42.4 Å². The van der Waals surface area contributed by atoms with Gasteiger partial charge in [0.25, 0.3) is 0 Å². The molecule has 0 bridgehead atoms. The zero-order valence-corrected chi connectivity index (χ0v) is 11.1. The van der Waals surface area contributed by atoms with Gasteiger partial charge in [-0.15, -0.1) is 0 Å². The summed E-state index contributed by atoms with van der Waals surface area (Å²) in [6, 6.07) is 9.74. The van der Waals surface area contributed by atoms with Gasteiger partial charge >= 0.3 is 0 Å². The van der Waals surface area contributed by atoms with Crippen molar-refractivity contribution in [2.24, 2.45) is 0 Å². The van der Waals surface area contributed by atoms with Crippen LogP contribution in [0.25, 0.3) is 0 Å². The fourth-order valence-electron chi connectivity index (χ4n) is 1.96. The smallest absolute Gasteiger partial charge is 0.246 e. The maximum atomic E-state index is 12.2. The Bertz CT molecular complexity index is 537. The zero-order chi connectivity index (χ0) is 13.7. The lowest BCUT2D eigenvalue weighted by molar-refractivity contribution is -0.122. The molecule has 0 aliphatic rings. The topological polar surface area (TPSA) is 68.0 Å². The molecule has 0 aliphatic heterocycles. The summed E-state index contributed by atoms with van der Waals surface area (Å²) in [5.74, 6) is 0.822. The average Bonchev–Trinajstić information content (AvgIpc) is 2.84. The van der Waals surface area contributed by atoms with Gasteiger partial charge in [-0.05, 0) is 18.9 Å². The Hall–Kier alpha value is -2.17. The fourth-order valence-corrected chi connectivity index (χ4v) is 1.96. The number of carbonyl (C=O) groups is 1. The molecule has 0 fully saturated rings. The van der Waals surface area contributed by atoms with Crippen LogP contribution >= 0.6 is 0 Å². The average molecular weight is 259 g/mol. The van der Waals surface area contributed by atoms with Gasteiger partial charge in [-0.2, -0.15) is 4.98 Å². The van der Waals surface area contributed by atoms with Crippen molar-refractivity contribution in [3.8, 4) is 0 Å². The van der Waals surface area contributed by atoms with Crippen molar-refractivity contribution < 1.29 is 9.32 Å². The van der Waals surface area contributed by atoms with Crippen molar-refractivity contribution in [3.05, 3.63) is 47.6 Å². The summed E-state index contributed by atoms with van der Waals surface area (Å²) >= 11 is 0. The van der Waals surface area contributed by atoms with E-state index in [1.165, 1.54) is 0 Å². The molecule has 0 radical (unpaired) electrons. The molecule has 2 aromatic rings. The van der Waals surface area contributed by atoms with Crippen molar-refractivity contribution in [3.63, 3.8) is 0 Å². The summed E-state index contributed by atoms with van der Waals surface area (Å²) in [7, 11) is 0. The largest absolute Gasteiger partial charge is 0.346 e. The molecule has 0 saturated heterocycles. The van der Waals surface area contributed by atoms with Crippen LogP contribution in [0.3, 0.4) is 0 Å². The van der Waals surface area contributed by atoms with Crippen molar-refractivity contribution >= 4 is 5.91 Å². The third-order valence-electron chi connectivity index (χ3n) is 2.91. The number of benzene rings is 1. The highest BCUT2D eigenvalue weighted by atomic mass is 16.5. The first-order chi connectivity index (χ1) is 9.20. The lowest BCUT2D eigenvalue weighted by Gasteiger charge is -2.14. The molecule has 1 aromatic carbocycles. The van der Waals surface area contributed by atoms with Crippen LogP contribution < -0.4 is 5.32 Å². The molecule has 1 amide bonds. The Morgan fingerprint density at radius 1 is 1.37 bits per heavy atom. The third-order valence-corrected chi connectivity index (χ3v) is 2.91. The Morgan fingerprint density at radius 3 is 2.68 bits per heavy atom. The van der Waals surface area contributed by atoms with Crippen molar-refractivity contribution in [1.29, 1.82) is 0 Å². The Kier molecular flexibility index (Phi) is 4.28. The van der Waals surface area contributed by atoms with E-state index in [0.717, 1.165) is 12.0 Å². The lowest BCUT2D eigenvalue weighted by atomic mass is 9.96. The minimum absolute atomic E-state index is 0.0236. The molecule has 0 spiro atoms. The summed E-state index contributed by atoms with van der Waals surface area (Å²) < 4.78 is 4.96. The number of hydrogen-bond donors (Lipinski definition) is 1. The van der Waals surface area contributed by atoms with E-state index < -0.39 is 0 Å². The van der Waals surface area contributed by atoms with Gasteiger partial charge in [0.1, 0.15) is 0 Å². The van der Waals surface area contributed by atoms with Gasteiger partial charge in [0, 0.05) is 0 Å². The van der Waals surface area contributed by atoms with E-state index in [2.05, 4.69) is 15.5 Å². The van der Waals surface area contributed by atoms with E-state index in [-0.39, 0.29) is 18.4 Å². The molecule has 100 valence electrons. The number of nitrogens with one attached hydrogen (secondary N) is 1. The van der Waals surface area contributed by atoms with Crippen LogP contribution in [0.15, 0.2) is 34.9 Å². The first-order valence-electron chi connectivity index (χ1n) is 6.32. The zero-order valence-electron chi connectivity index (χ0n) is 11.1. The molecule has 1 aromatic heterocycles. The molecular weight excluding hydrogens is 242 g/mol. The highest BCUT2D eigenvalue weighted by Gasteiger charge is 2.18. The molecule has 5 nitrogen and oxygen atoms in total. The Labute approximate surface area is 112 Å². The van der Waals surface area contributed by atoms with Crippen molar-refractivity contribution in [2.45, 2.75) is 32.7 Å². The molecule has 0 unspecified atom stereocenters. The first-order valence-corrected chi connectivity index (χ1v) is 6.32. The Morgan fingerprint density at radius 2 is 2.11 bits per heavy atom. The molecule has 1 heterocycles. The molecule has 0 aliphatic carbocycles. The van der Waals surface area contributed by atoms with Crippen LogP contribution in [-0.4, -0.2) is 16.0 Å². The van der Waals surface area contributed by atoms with E-state index >= 15 is 0 Å².